The number of hydrogen-bond acceptors (Lipinski definition) is 5. The molecule has 0 spiro atoms. The molecule has 32 heavy (non-hydrogen) atoms. The van der Waals surface area contributed by atoms with Crippen molar-refractivity contribution in [3.8, 4) is 11.5 Å². The van der Waals surface area contributed by atoms with Gasteiger partial charge in [0.15, 0.2) is 5.76 Å². The molecule has 1 saturated heterocycles. The Morgan fingerprint density at radius 1 is 1.22 bits per heavy atom. The molecule has 2 aliphatic rings. The number of nitrogens with one attached hydrogen (secondary N) is 1. The maximum Gasteiger partial charge on any atom is 0.232 e. The van der Waals surface area contributed by atoms with E-state index in [0.29, 0.717) is 34.7 Å². The van der Waals surface area contributed by atoms with E-state index in [4.69, 9.17) is 9.15 Å². The molecule has 0 radical (unpaired) electrons. The van der Waals surface area contributed by atoms with Crippen LogP contribution in [-0.2, 0) is 6.54 Å². The summed E-state index contributed by atoms with van der Waals surface area (Å²) in [6.07, 6.45) is 1.62. The van der Waals surface area contributed by atoms with E-state index in [-0.39, 0.29) is 17.3 Å². The van der Waals surface area contributed by atoms with Crippen LogP contribution in [0.3, 0.4) is 0 Å². The van der Waals surface area contributed by atoms with Gasteiger partial charge in [-0.2, -0.15) is 0 Å². The number of hydrogen-bond donors (Lipinski definition) is 1. The zero-order valence-corrected chi connectivity index (χ0v) is 19.8. The zero-order valence-electron chi connectivity index (χ0n) is 18.2. The lowest BCUT2D eigenvalue weighted by Crippen LogP contribution is -3.13. The number of piperazine rings is 1. The SMILES string of the molecule is CCN1CC[NH+](Cc2c([O-])cc(C)c3c2OC(=Cc2cc4cc(Br)ccc4o2)C3=O)CC1. The molecule has 0 bridgehead atoms. The van der Waals surface area contributed by atoms with E-state index in [1.165, 1.54) is 4.90 Å². The van der Waals surface area contributed by atoms with Crippen LogP contribution >= 0.6 is 15.9 Å². The fourth-order valence-corrected chi connectivity index (χ4v) is 4.96. The molecule has 6 nitrogen and oxygen atoms in total. The summed E-state index contributed by atoms with van der Waals surface area (Å²) in [5, 5.41) is 13.8. The van der Waals surface area contributed by atoms with Gasteiger partial charge in [0.2, 0.25) is 5.78 Å². The minimum atomic E-state index is -0.203. The first-order chi connectivity index (χ1) is 15.4. The number of allylic oxidation sites excluding steroid dienone is 1. The number of carbonyl (C=O) groups excluding carboxylic acids is 1. The predicted molar refractivity (Wildman–Crippen MR) is 124 cm³/mol. The Balaban J connectivity index is 1.46. The Morgan fingerprint density at radius 3 is 2.75 bits per heavy atom. The van der Waals surface area contributed by atoms with Crippen molar-refractivity contribution in [1.29, 1.82) is 0 Å². The van der Waals surface area contributed by atoms with E-state index in [9.17, 15) is 9.90 Å². The minimum Gasteiger partial charge on any atom is -0.872 e. The lowest BCUT2D eigenvalue weighted by atomic mass is 9.99. The Kier molecular flexibility index (Phi) is 5.57. The van der Waals surface area contributed by atoms with Crippen molar-refractivity contribution in [3.63, 3.8) is 0 Å². The van der Waals surface area contributed by atoms with Gasteiger partial charge in [-0.15, -0.1) is 0 Å². The standard InChI is InChI=1S/C25H25BrN2O4/c1-3-27-6-8-28(9-7-27)14-19-20(29)10-15(2)23-24(30)22(32-25(19)23)13-18-12-16-11-17(26)4-5-21(16)31-18/h4-5,10-13,29H,3,6-9,14H2,1-2H3. The molecule has 166 valence electrons. The summed E-state index contributed by atoms with van der Waals surface area (Å²) in [6.45, 7) is 9.55. The molecule has 0 saturated carbocycles. The number of nitrogens with zero attached hydrogens (tertiary/aromatic N) is 1. The van der Waals surface area contributed by atoms with Crippen molar-refractivity contribution in [3.05, 3.63) is 63.0 Å². The summed E-state index contributed by atoms with van der Waals surface area (Å²) < 4.78 is 12.9. The van der Waals surface area contributed by atoms with E-state index in [1.54, 1.807) is 19.1 Å². The number of ketones is 1. The average molecular weight is 497 g/mol. The van der Waals surface area contributed by atoms with Crippen molar-refractivity contribution >= 4 is 38.8 Å². The monoisotopic (exact) mass is 496 g/mol. The molecule has 5 rings (SSSR count). The smallest absolute Gasteiger partial charge is 0.232 e. The number of aryl methyl sites for hydroxylation is 1. The van der Waals surface area contributed by atoms with E-state index in [1.807, 2.05) is 24.3 Å². The van der Waals surface area contributed by atoms with Gasteiger partial charge in [0.05, 0.1) is 18.7 Å². The Morgan fingerprint density at radius 2 is 2.00 bits per heavy atom. The lowest BCUT2D eigenvalue weighted by molar-refractivity contribution is -0.918. The molecule has 7 heteroatoms. The molecule has 3 heterocycles. The van der Waals surface area contributed by atoms with Gasteiger partial charge < -0.3 is 19.2 Å². The second-order valence-corrected chi connectivity index (χ2v) is 9.42. The highest BCUT2D eigenvalue weighted by Crippen LogP contribution is 2.41. The highest BCUT2D eigenvalue weighted by molar-refractivity contribution is 9.10. The number of rotatable bonds is 4. The van der Waals surface area contributed by atoms with Crippen LogP contribution in [0.4, 0.5) is 0 Å². The van der Waals surface area contributed by atoms with Crippen LogP contribution in [-0.4, -0.2) is 43.4 Å². The number of Topliss-reactive ketones (excluding diaryl/α,β-unsaturated/α-hetero) is 1. The lowest BCUT2D eigenvalue weighted by Gasteiger charge is -2.32. The van der Waals surface area contributed by atoms with Gasteiger partial charge in [-0.05, 0) is 43.3 Å². The molecule has 0 amide bonds. The number of quaternary nitrogens is 1. The first-order valence-corrected chi connectivity index (χ1v) is 11.7. The number of halogens is 1. The van der Waals surface area contributed by atoms with Crippen molar-refractivity contribution in [1.82, 2.24) is 4.90 Å². The number of furan rings is 1. The van der Waals surface area contributed by atoms with Crippen LogP contribution in [0.2, 0.25) is 0 Å². The first kappa shape index (κ1) is 21.2. The van der Waals surface area contributed by atoms with Crippen LogP contribution in [0.25, 0.3) is 17.0 Å². The maximum absolute atomic E-state index is 13.2. The van der Waals surface area contributed by atoms with Crippen LogP contribution in [0, 0.1) is 6.92 Å². The van der Waals surface area contributed by atoms with Gasteiger partial charge in [-0.3, -0.25) is 9.69 Å². The second-order valence-electron chi connectivity index (χ2n) is 8.51. The molecule has 1 aromatic heterocycles. The maximum atomic E-state index is 13.2. The molecule has 1 N–H and O–H groups in total. The van der Waals surface area contributed by atoms with Gasteiger partial charge in [0.25, 0.3) is 0 Å². The minimum absolute atomic E-state index is 0.0608. The van der Waals surface area contributed by atoms with Gasteiger partial charge in [0.1, 0.15) is 23.6 Å². The number of benzene rings is 2. The van der Waals surface area contributed by atoms with Crippen molar-refractivity contribution in [2.45, 2.75) is 20.4 Å². The molecule has 0 atom stereocenters. The van der Waals surface area contributed by atoms with Gasteiger partial charge in [-0.1, -0.05) is 34.7 Å². The van der Waals surface area contributed by atoms with Crippen molar-refractivity contribution < 1.29 is 24.0 Å². The third-order valence-electron chi connectivity index (χ3n) is 6.41. The predicted octanol–water partition coefficient (Wildman–Crippen LogP) is 2.91. The Bertz CT molecular complexity index is 1240. The third-order valence-corrected chi connectivity index (χ3v) is 6.90. The second kappa shape index (κ2) is 8.39. The fourth-order valence-electron chi connectivity index (χ4n) is 4.58. The third kappa shape index (κ3) is 3.85. The quantitative estimate of drug-likeness (QED) is 0.562. The number of carbonyl (C=O) groups is 1. The summed E-state index contributed by atoms with van der Waals surface area (Å²) in [6, 6.07) is 9.18. The Hall–Kier alpha value is -2.61. The normalized spacial score (nSPS) is 18.5. The van der Waals surface area contributed by atoms with Crippen LogP contribution in [0.5, 0.6) is 11.5 Å². The summed E-state index contributed by atoms with van der Waals surface area (Å²) in [5.41, 5.74) is 2.48. The van der Waals surface area contributed by atoms with Gasteiger partial charge in [0, 0.05) is 34.6 Å². The van der Waals surface area contributed by atoms with Gasteiger partial charge in [-0.25, -0.2) is 0 Å². The number of likely N-dealkylation sites (N-methyl/N-ethyl adjacent to an activating group) is 1. The van der Waals surface area contributed by atoms with Gasteiger partial charge >= 0.3 is 0 Å². The van der Waals surface area contributed by atoms with Crippen molar-refractivity contribution in [2.24, 2.45) is 0 Å². The molecule has 3 aromatic rings. The first-order valence-electron chi connectivity index (χ1n) is 11.0. The highest BCUT2D eigenvalue weighted by atomic mass is 79.9. The zero-order chi connectivity index (χ0) is 22.4. The number of fused-ring (bicyclic) bond motifs is 2. The Labute approximate surface area is 195 Å². The van der Waals surface area contributed by atoms with E-state index < -0.39 is 0 Å². The van der Waals surface area contributed by atoms with Crippen molar-refractivity contribution in [2.75, 3.05) is 32.7 Å². The molecule has 2 aromatic carbocycles. The molecule has 2 aliphatic heterocycles. The topological polar surface area (TPSA) is 70.2 Å². The summed E-state index contributed by atoms with van der Waals surface area (Å²) in [5.74, 6) is 0.895. The van der Waals surface area contributed by atoms with Crippen LogP contribution in [0.1, 0.15) is 34.2 Å². The summed E-state index contributed by atoms with van der Waals surface area (Å²) >= 11 is 3.46. The fraction of sp³-hybridized carbons (Fsp3) is 0.320. The largest absolute Gasteiger partial charge is 0.872 e. The van der Waals surface area contributed by atoms with Crippen LogP contribution in [0.15, 0.2) is 45.0 Å². The highest BCUT2D eigenvalue weighted by Gasteiger charge is 2.33. The van der Waals surface area contributed by atoms with E-state index in [0.717, 1.165) is 48.2 Å². The molecule has 1 fully saturated rings. The molecular formula is C25H25BrN2O4. The van der Waals surface area contributed by atoms with E-state index in [2.05, 4.69) is 27.8 Å². The average Bonchev–Trinajstić information content (AvgIpc) is 3.32. The molecule has 0 aliphatic carbocycles. The molecular weight excluding hydrogens is 472 g/mol. The van der Waals surface area contributed by atoms with Crippen LogP contribution < -0.4 is 14.7 Å². The summed E-state index contributed by atoms with van der Waals surface area (Å²) in [7, 11) is 0. The summed E-state index contributed by atoms with van der Waals surface area (Å²) in [4.78, 5) is 16.9. The number of ether oxygens (including phenoxy) is 1. The van der Waals surface area contributed by atoms with E-state index >= 15 is 0 Å². The molecule has 0 unspecified atom stereocenters.